The van der Waals surface area contributed by atoms with Crippen LogP contribution in [0.2, 0.25) is 0 Å². The van der Waals surface area contributed by atoms with Crippen LogP contribution in [0.15, 0.2) is 133 Å². The molecular weight excluding hydrogens is 530 g/mol. The van der Waals surface area contributed by atoms with E-state index < -0.39 is 0 Å². The van der Waals surface area contributed by atoms with Crippen molar-refractivity contribution >= 4 is 40.0 Å². The highest BCUT2D eigenvalue weighted by molar-refractivity contribution is 6.13. The monoisotopic (exact) mass is 559 g/mol. The predicted octanol–water partition coefficient (Wildman–Crippen LogP) is 6.85. The Bertz CT molecular complexity index is 1920. The van der Waals surface area contributed by atoms with Crippen molar-refractivity contribution in [1.82, 2.24) is 9.97 Å². The van der Waals surface area contributed by atoms with Gasteiger partial charge in [-0.25, -0.2) is 15.0 Å². The molecule has 0 saturated heterocycles. The van der Waals surface area contributed by atoms with Gasteiger partial charge >= 0.3 is 0 Å². The van der Waals surface area contributed by atoms with Gasteiger partial charge in [0.05, 0.1) is 23.5 Å². The molecule has 0 bridgehead atoms. The van der Waals surface area contributed by atoms with Crippen LogP contribution in [0.3, 0.4) is 0 Å². The second-order valence-electron chi connectivity index (χ2n) is 11.5. The number of allylic oxidation sites excluding steroid dienone is 1. The highest BCUT2D eigenvalue weighted by Crippen LogP contribution is 2.60. The van der Waals surface area contributed by atoms with Gasteiger partial charge in [0.2, 0.25) is 0 Å². The van der Waals surface area contributed by atoms with E-state index in [1.54, 1.807) is 6.33 Å². The highest BCUT2D eigenvalue weighted by Gasteiger charge is 2.58. The minimum atomic E-state index is -0.138. The van der Waals surface area contributed by atoms with E-state index in [2.05, 4.69) is 141 Å². The van der Waals surface area contributed by atoms with Gasteiger partial charge in [-0.1, -0.05) is 91.5 Å². The summed E-state index contributed by atoms with van der Waals surface area (Å²) >= 11 is 0. The first-order valence-corrected chi connectivity index (χ1v) is 14.7. The number of hydrogen-bond acceptors (Lipinski definition) is 7. The average molecular weight is 560 g/mol. The number of benzene rings is 4. The Labute approximate surface area is 250 Å². The predicted molar refractivity (Wildman–Crippen MR) is 173 cm³/mol. The lowest BCUT2D eigenvalue weighted by molar-refractivity contribution is 0.316. The van der Waals surface area contributed by atoms with Crippen LogP contribution in [-0.4, -0.2) is 35.2 Å². The fourth-order valence-electron chi connectivity index (χ4n) is 7.73. The molecule has 0 spiro atoms. The van der Waals surface area contributed by atoms with Gasteiger partial charge < -0.3 is 14.7 Å². The first-order chi connectivity index (χ1) is 21.2. The van der Waals surface area contributed by atoms with Crippen molar-refractivity contribution in [2.45, 2.75) is 18.2 Å². The minimum absolute atomic E-state index is 0.0131. The summed E-state index contributed by atoms with van der Waals surface area (Å²) in [7, 11) is 2.16. The molecule has 4 atom stereocenters. The maximum absolute atomic E-state index is 5.44. The Hall–Kier alpha value is -5.43. The molecule has 5 heterocycles. The van der Waals surface area contributed by atoms with Crippen molar-refractivity contribution in [2.75, 3.05) is 26.8 Å². The summed E-state index contributed by atoms with van der Waals surface area (Å²) in [6.45, 7) is 4.85. The van der Waals surface area contributed by atoms with Gasteiger partial charge in [0.1, 0.15) is 24.3 Å². The summed E-state index contributed by atoms with van der Waals surface area (Å²) in [5.41, 5.74) is 8.96. The molecule has 7 nitrogen and oxygen atoms in total. The molecule has 4 aliphatic heterocycles. The quantitative estimate of drug-likeness (QED) is 0.236. The molecule has 5 aromatic rings. The largest absolute Gasteiger partial charge is 0.337 e. The third kappa shape index (κ3) is 3.27. The summed E-state index contributed by atoms with van der Waals surface area (Å²) in [4.78, 5) is 16.5. The van der Waals surface area contributed by atoms with Crippen LogP contribution in [0.4, 0.5) is 28.6 Å². The lowest BCUT2D eigenvalue weighted by atomic mass is 9.72. The number of nitrogens with zero attached hydrogens (tertiary/aromatic N) is 7. The van der Waals surface area contributed by atoms with Crippen LogP contribution in [-0.2, 0) is 0 Å². The molecule has 0 aliphatic carbocycles. The smallest absolute Gasteiger partial charge is 0.162 e. The fourth-order valence-corrected chi connectivity index (χ4v) is 7.73. The lowest BCUT2D eigenvalue weighted by Crippen LogP contribution is -2.60. The molecule has 1 aromatic heterocycles. The van der Waals surface area contributed by atoms with E-state index in [4.69, 9.17) is 16.7 Å². The Morgan fingerprint density at radius 1 is 0.698 bits per heavy atom. The molecule has 4 aliphatic rings. The lowest BCUT2D eigenvalue weighted by Gasteiger charge is -2.49. The molecule has 0 saturated carbocycles. The number of amidine groups is 1. The van der Waals surface area contributed by atoms with E-state index >= 15 is 0 Å². The van der Waals surface area contributed by atoms with Gasteiger partial charge in [-0.2, -0.15) is 5.10 Å². The number of aromatic nitrogens is 2. The molecule has 0 radical (unpaired) electrons. The highest BCUT2D eigenvalue weighted by atomic mass is 15.6. The van der Waals surface area contributed by atoms with Gasteiger partial charge in [-0.3, -0.25) is 0 Å². The minimum Gasteiger partial charge on any atom is -0.337 e. The second kappa shape index (κ2) is 9.03. The van der Waals surface area contributed by atoms with Crippen molar-refractivity contribution in [3.05, 3.63) is 145 Å². The molecule has 4 aromatic carbocycles. The third-order valence-corrected chi connectivity index (χ3v) is 9.42. The van der Waals surface area contributed by atoms with Crippen LogP contribution < -0.4 is 19.7 Å². The van der Waals surface area contributed by atoms with E-state index in [0.717, 1.165) is 51.1 Å². The summed E-state index contributed by atoms with van der Waals surface area (Å²) in [6, 6.07) is 38.6. The Balaban J connectivity index is 1.35. The molecule has 0 N–H and O–H groups in total. The van der Waals surface area contributed by atoms with E-state index in [1.165, 1.54) is 5.56 Å². The van der Waals surface area contributed by atoms with Crippen molar-refractivity contribution in [2.24, 2.45) is 11.0 Å². The standard InChI is InChI=1S/C36H29N7/c1-23-26-17-9-11-19-28(26)42-30-21-37-22-38-34(30)40(2)35(42)32-31(23)27-18-10-12-20-29(27)43-36(32)41(25-15-7-4-8-16-25)33(39-43)24-13-5-3-6-14-24/h3-22,31-32,35-36H,1H2,2H3. The molecule has 7 heteroatoms. The number of para-hydroxylation sites is 3. The second-order valence-corrected chi connectivity index (χ2v) is 11.5. The van der Waals surface area contributed by atoms with Crippen LogP contribution >= 0.6 is 0 Å². The first-order valence-electron chi connectivity index (χ1n) is 14.7. The first kappa shape index (κ1) is 24.2. The van der Waals surface area contributed by atoms with E-state index in [9.17, 15) is 0 Å². The zero-order valence-electron chi connectivity index (χ0n) is 23.7. The molecule has 9 rings (SSSR count). The molecule has 208 valence electrons. The average Bonchev–Trinajstić information content (AvgIpc) is 3.57. The van der Waals surface area contributed by atoms with Gasteiger partial charge in [0, 0.05) is 29.8 Å². The van der Waals surface area contributed by atoms with Gasteiger partial charge in [-0.15, -0.1) is 0 Å². The zero-order chi connectivity index (χ0) is 28.7. The number of fused-ring (bicyclic) bond motifs is 12. The van der Waals surface area contributed by atoms with Crippen molar-refractivity contribution in [1.29, 1.82) is 0 Å². The Morgan fingerprint density at radius 3 is 2.21 bits per heavy atom. The SMILES string of the molecule is C=C1c2ccccc2N2c3cncnc3N(C)C2C2C1c1ccccc1N1N=C(c3ccccc3)N(c3ccccc3)C21. The summed E-state index contributed by atoms with van der Waals surface area (Å²) in [6.07, 6.45) is 3.38. The topological polar surface area (TPSA) is 51.1 Å². The van der Waals surface area contributed by atoms with Crippen LogP contribution in [0.25, 0.3) is 5.57 Å². The number of rotatable bonds is 2. The normalized spacial score (nSPS) is 23.0. The molecular formula is C36H29N7. The molecule has 43 heavy (non-hydrogen) atoms. The molecule has 0 fully saturated rings. The van der Waals surface area contributed by atoms with E-state index in [0.29, 0.717) is 0 Å². The van der Waals surface area contributed by atoms with Crippen molar-refractivity contribution in [3.8, 4) is 0 Å². The van der Waals surface area contributed by atoms with Gasteiger partial charge in [-0.05, 0) is 35.4 Å². The Kier molecular flexibility index (Phi) is 5.08. The van der Waals surface area contributed by atoms with Crippen molar-refractivity contribution in [3.63, 3.8) is 0 Å². The number of hydrazone groups is 1. The fraction of sp³-hybridized carbons (Fsp3) is 0.139. The third-order valence-electron chi connectivity index (χ3n) is 9.42. The summed E-state index contributed by atoms with van der Waals surface area (Å²) in [5, 5.41) is 7.70. The van der Waals surface area contributed by atoms with Crippen molar-refractivity contribution < 1.29 is 0 Å². The van der Waals surface area contributed by atoms with E-state index in [-0.39, 0.29) is 24.2 Å². The summed E-state index contributed by atoms with van der Waals surface area (Å²) < 4.78 is 0. The van der Waals surface area contributed by atoms with Gasteiger partial charge in [0.25, 0.3) is 0 Å². The van der Waals surface area contributed by atoms with Crippen LogP contribution in [0.5, 0.6) is 0 Å². The maximum atomic E-state index is 5.44. The molecule has 4 unspecified atom stereocenters. The summed E-state index contributed by atoms with van der Waals surface area (Å²) in [5.74, 6) is 1.90. The maximum Gasteiger partial charge on any atom is 0.162 e. The number of hydrogen-bond donors (Lipinski definition) is 0. The number of anilines is 5. The zero-order valence-corrected chi connectivity index (χ0v) is 23.7. The van der Waals surface area contributed by atoms with Crippen LogP contribution in [0.1, 0.15) is 22.6 Å². The van der Waals surface area contributed by atoms with Gasteiger partial charge in [0.15, 0.2) is 11.7 Å². The van der Waals surface area contributed by atoms with Crippen LogP contribution in [0, 0.1) is 5.92 Å². The van der Waals surface area contributed by atoms with E-state index in [1.807, 2.05) is 6.20 Å². The Morgan fingerprint density at radius 2 is 1.40 bits per heavy atom. The molecule has 0 amide bonds.